The molecule has 14 heteroatoms. The number of aldehydes is 1. The number of unbranched alkanes of at least 4 members (excludes halogenated alkanes) is 3. The number of nitrogens with one attached hydrogen (secondary N) is 1. The van der Waals surface area contributed by atoms with Crippen LogP contribution in [-0.2, 0) is 30.7 Å². The Bertz CT molecular complexity index is 1570. The van der Waals surface area contributed by atoms with Crippen LogP contribution in [0.25, 0.3) is 0 Å². The fraction of sp³-hybridized carbons (Fsp3) is 0.660. The summed E-state index contributed by atoms with van der Waals surface area (Å²) in [4.78, 5) is 24.2. The van der Waals surface area contributed by atoms with Gasteiger partial charge >= 0.3 is 108 Å². The number of aliphatic hydroxyl groups is 2. The van der Waals surface area contributed by atoms with Gasteiger partial charge in [0.15, 0.2) is 6.29 Å². The van der Waals surface area contributed by atoms with Gasteiger partial charge in [0.25, 0.3) is 0 Å². The number of fused-ring (bicyclic) bond motifs is 1. The Hall–Kier alpha value is -2.53. The Labute approximate surface area is 373 Å². The van der Waals surface area contributed by atoms with Crippen LogP contribution >= 0.6 is 0 Å². The molecule has 5 atom stereocenters. The van der Waals surface area contributed by atoms with Crippen LogP contribution in [0.3, 0.4) is 0 Å². The van der Waals surface area contributed by atoms with Crippen LogP contribution in [0.5, 0.6) is 5.75 Å². The summed E-state index contributed by atoms with van der Waals surface area (Å²) in [7, 11) is -1.49. The van der Waals surface area contributed by atoms with Gasteiger partial charge in [0.1, 0.15) is 18.1 Å². The first-order chi connectivity index (χ1) is 29.3. The molecule has 2 aromatic carbocycles. The van der Waals surface area contributed by atoms with Crippen molar-refractivity contribution in [2.75, 3.05) is 40.5 Å². The third kappa shape index (κ3) is 19.8. The summed E-state index contributed by atoms with van der Waals surface area (Å²) < 4.78 is 57.5. The Morgan fingerprint density at radius 3 is 1.97 bits per heavy atom. The number of carbonyl (C=O) groups excluding carboxylic acids is 2. The number of hydrogen-bond acceptors (Lipinski definition) is 10. The van der Waals surface area contributed by atoms with E-state index in [9.17, 15) is 23.1 Å². The van der Waals surface area contributed by atoms with E-state index in [2.05, 4.69) is 50.6 Å². The van der Waals surface area contributed by atoms with Gasteiger partial charge in [0.05, 0.1) is 43.3 Å². The number of sulfonamides is 1. The van der Waals surface area contributed by atoms with Crippen molar-refractivity contribution < 1.29 is 47.2 Å². The molecule has 2 aliphatic rings. The third-order valence-electron chi connectivity index (χ3n) is 10.8. The molecule has 2 aromatic rings. The molecule has 0 aromatic heterocycles. The number of hydrogen-bond donors (Lipinski definition) is 3. The second-order valence-corrected chi connectivity index (χ2v) is 31.5. The summed E-state index contributed by atoms with van der Waals surface area (Å²) in [5, 5.41) is 21.2. The van der Waals surface area contributed by atoms with E-state index in [1.54, 1.807) is 49.7 Å². The van der Waals surface area contributed by atoms with Crippen LogP contribution < -0.4 is 10.1 Å². The number of benzene rings is 2. The van der Waals surface area contributed by atoms with E-state index in [0.29, 0.717) is 24.3 Å². The molecule has 1 amide bonds. The quantitative estimate of drug-likeness (QED) is 0.0724. The van der Waals surface area contributed by atoms with Gasteiger partial charge in [-0.1, -0.05) is 58.4 Å². The van der Waals surface area contributed by atoms with E-state index < -0.39 is 59.0 Å². The third-order valence-corrected chi connectivity index (χ3v) is 26.6. The Balaban J connectivity index is 0.000000780. The molecule has 12 nitrogen and oxygen atoms in total. The minimum Gasteiger partial charge on any atom is -0.497 e. The number of alkyl carbamates (subject to hydrolysis) is 1. The van der Waals surface area contributed by atoms with Gasteiger partial charge < -0.3 is 34.5 Å². The van der Waals surface area contributed by atoms with Crippen molar-refractivity contribution in [2.45, 2.75) is 149 Å². The van der Waals surface area contributed by atoms with E-state index >= 15 is 0 Å². The standard InChI is InChI=1S/C29H38N2O9S.3C4H9.C3H8.C2H3.CH4O.Sn/c1-19(2)15-31(41(35,36)23-10-8-22(37-3)9-11-23)16-26(33)25(14-20-4-6-21(17-32)7-5-20)30-29(34)40-27-18-39-28-24(27)12-13-38-28;3*1-3-4-2;1-3-2;2*1-2;/h4-11,17,19,24-28,33H,12-16,18H2,1-3H3,(H,30,34);3*1,3-4H2,2H3;3H2,1-2H3;1H,2H2;2H,1H3;/t24-,25-,26+,27-,28+;;;;;;;/m0......./s1. The zero-order valence-corrected chi connectivity index (χ0v) is 42.4. The fourth-order valence-corrected chi connectivity index (χ4v) is 21.9. The maximum Gasteiger partial charge on any atom is 0.407 e. The molecule has 0 aliphatic carbocycles. The largest absolute Gasteiger partial charge is 0.497 e. The van der Waals surface area contributed by atoms with Crippen LogP contribution in [0.2, 0.25) is 13.3 Å². The number of ether oxygens (including phenoxy) is 4. The number of aliphatic hydroxyl groups excluding tert-OH is 2. The zero-order valence-electron chi connectivity index (χ0n) is 38.8. The Morgan fingerprint density at radius 2 is 1.49 bits per heavy atom. The second-order valence-electron chi connectivity index (χ2n) is 16.3. The van der Waals surface area contributed by atoms with Crippen molar-refractivity contribution in [3.63, 3.8) is 0 Å². The van der Waals surface area contributed by atoms with E-state index in [1.165, 1.54) is 68.5 Å². The van der Waals surface area contributed by atoms with Gasteiger partial charge in [0.2, 0.25) is 10.0 Å². The first-order valence-corrected chi connectivity index (χ1v) is 31.6. The van der Waals surface area contributed by atoms with Gasteiger partial charge in [-0.2, -0.15) is 4.31 Å². The van der Waals surface area contributed by atoms with Crippen molar-refractivity contribution in [2.24, 2.45) is 11.8 Å². The average molecular weight is 984 g/mol. The van der Waals surface area contributed by atoms with Crippen molar-refractivity contribution in [3.8, 4) is 5.75 Å². The molecule has 4 rings (SSSR count). The number of methoxy groups -OCH3 is 1. The van der Waals surface area contributed by atoms with Gasteiger partial charge in [-0.25, -0.2) is 13.2 Å². The number of carbonyl (C=O) groups is 2. The molecule has 2 saturated heterocycles. The molecule has 0 radical (unpaired) electrons. The molecule has 0 saturated carbocycles. The van der Waals surface area contributed by atoms with Crippen molar-refractivity contribution in [1.29, 1.82) is 0 Å². The molecular formula is C47H80N2O10SSn. The SMILES string of the molecule is C=[CH][Sn]([CH2]CCC)([CH2]CCC)[CH2]CCC.CCC.CO.COc1ccc(S(=O)(=O)N(CC(C)C)C[C@@H](O)[C@H](Cc2ccc(C=O)cc2)NC(=O)O[C@H]2CO[C@H]3OCC[C@H]32)cc1. The van der Waals surface area contributed by atoms with E-state index in [4.69, 9.17) is 24.1 Å². The molecule has 2 aliphatic heterocycles. The molecule has 0 bridgehead atoms. The maximum atomic E-state index is 13.6. The molecule has 0 unspecified atom stereocenters. The van der Waals surface area contributed by atoms with Crippen LogP contribution in [-0.4, -0.2) is 119 Å². The van der Waals surface area contributed by atoms with Gasteiger partial charge in [0, 0.05) is 25.8 Å². The fourth-order valence-electron chi connectivity index (χ4n) is 7.32. The molecular weight excluding hydrogens is 903 g/mol. The van der Waals surface area contributed by atoms with Crippen LogP contribution in [0.1, 0.15) is 116 Å². The zero-order chi connectivity index (χ0) is 45.8. The van der Waals surface area contributed by atoms with Crippen molar-refractivity contribution in [1.82, 2.24) is 9.62 Å². The number of rotatable bonds is 23. The number of nitrogens with zero attached hydrogens (tertiary/aromatic N) is 1. The first kappa shape index (κ1) is 56.5. The molecule has 61 heavy (non-hydrogen) atoms. The maximum absolute atomic E-state index is 13.6. The van der Waals surface area contributed by atoms with Crippen LogP contribution in [0.4, 0.5) is 4.79 Å². The second kappa shape index (κ2) is 31.3. The smallest absolute Gasteiger partial charge is 0.407 e. The summed E-state index contributed by atoms with van der Waals surface area (Å²) in [5.74, 6) is 0.425. The minimum atomic E-state index is -3.98. The summed E-state index contributed by atoms with van der Waals surface area (Å²) in [6, 6.07) is 11.9. The molecule has 2 fully saturated rings. The van der Waals surface area contributed by atoms with Gasteiger partial charge in [-0.15, -0.1) is 0 Å². The molecule has 348 valence electrons. The van der Waals surface area contributed by atoms with Crippen LogP contribution in [0.15, 0.2) is 64.1 Å². The summed E-state index contributed by atoms with van der Waals surface area (Å²) in [5.41, 5.74) is 1.23. The summed E-state index contributed by atoms with van der Waals surface area (Å²) in [6.45, 7) is 19.8. The normalized spacial score (nSPS) is 18.0. The Morgan fingerprint density at radius 1 is 0.934 bits per heavy atom. The molecule has 2 heterocycles. The first-order valence-electron chi connectivity index (χ1n) is 22.4. The van der Waals surface area contributed by atoms with E-state index in [-0.39, 0.29) is 42.8 Å². The predicted molar refractivity (Wildman–Crippen MR) is 248 cm³/mol. The van der Waals surface area contributed by atoms with Crippen molar-refractivity contribution >= 4 is 40.8 Å². The van der Waals surface area contributed by atoms with E-state index in [0.717, 1.165) is 19.0 Å². The van der Waals surface area contributed by atoms with Crippen molar-refractivity contribution in [3.05, 3.63) is 70.3 Å². The topological polar surface area (TPSA) is 161 Å². The molecule has 3 N–H and O–H groups in total. The van der Waals surface area contributed by atoms with Gasteiger partial charge in [-0.05, 0) is 48.6 Å². The Kier molecular flexibility index (Phi) is 29.0. The molecule has 0 spiro atoms. The predicted octanol–water partition coefficient (Wildman–Crippen LogP) is 9.20. The van der Waals surface area contributed by atoms with E-state index in [1.807, 2.05) is 13.8 Å². The summed E-state index contributed by atoms with van der Waals surface area (Å²) in [6.07, 6.45) is 8.41. The number of amides is 1. The van der Waals surface area contributed by atoms with Crippen LogP contribution in [0, 0.1) is 11.8 Å². The van der Waals surface area contributed by atoms with Gasteiger partial charge in [-0.3, -0.25) is 4.79 Å². The average Bonchev–Trinajstić information content (AvgIpc) is 3.89. The summed E-state index contributed by atoms with van der Waals surface area (Å²) >= 11 is -1.85. The minimum absolute atomic E-state index is 0.0357. The monoisotopic (exact) mass is 984 g/mol.